The van der Waals surface area contributed by atoms with E-state index >= 15 is 0 Å². The molecule has 3 heterocycles. The zero-order valence-electron chi connectivity index (χ0n) is 15.2. The quantitative estimate of drug-likeness (QED) is 0.846. The second-order valence-corrected chi connectivity index (χ2v) is 7.14. The van der Waals surface area contributed by atoms with Crippen LogP contribution in [0.5, 0.6) is 5.88 Å². The van der Waals surface area contributed by atoms with E-state index in [0.717, 1.165) is 19.4 Å². The first-order valence-electron chi connectivity index (χ1n) is 9.20. The predicted molar refractivity (Wildman–Crippen MR) is 93.8 cm³/mol. The number of ether oxygens (including phenoxy) is 1. The lowest BCUT2D eigenvalue weighted by Crippen LogP contribution is -2.45. The highest BCUT2D eigenvalue weighted by Gasteiger charge is 2.41. The molecule has 1 N–H and O–H groups in total. The number of piperidine rings is 1. The van der Waals surface area contributed by atoms with Gasteiger partial charge >= 0.3 is 0 Å². The predicted octanol–water partition coefficient (Wildman–Crippen LogP) is 1.76. The van der Waals surface area contributed by atoms with E-state index in [2.05, 4.69) is 26.5 Å². The maximum atomic E-state index is 12.4. The van der Waals surface area contributed by atoms with Crippen molar-refractivity contribution in [3.05, 3.63) is 29.8 Å². The molecule has 0 bridgehead atoms. The Bertz CT molecular complexity index is 766. The maximum Gasteiger partial charge on any atom is 0.290 e. The Hall–Kier alpha value is -2.35. The molecule has 0 aromatic carbocycles. The number of nitrogens with zero attached hydrogens (tertiary/aromatic N) is 4. The third-order valence-electron chi connectivity index (χ3n) is 5.42. The summed E-state index contributed by atoms with van der Waals surface area (Å²) >= 11 is 0. The molecule has 1 saturated heterocycles. The van der Waals surface area contributed by atoms with Crippen molar-refractivity contribution in [2.75, 3.05) is 20.2 Å². The first kappa shape index (κ1) is 17.1. The van der Waals surface area contributed by atoms with Gasteiger partial charge in [-0.15, -0.1) is 0 Å². The molecule has 2 aromatic heterocycles. The zero-order valence-corrected chi connectivity index (χ0v) is 15.2. The van der Waals surface area contributed by atoms with Crippen LogP contribution in [0.3, 0.4) is 0 Å². The Morgan fingerprint density at radius 1 is 1.42 bits per heavy atom. The van der Waals surface area contributed by atoms with E-state index in [1.807, 2.05) is 17.9 Å². The molecular formula is C18H25N5O3. The fraction of sp³-hybridized carbons (Fsp3) is 0.611. The summed E-state index contributed by atoms with van der Waals surface area (Å²) in [5, 5.41) is 11.1. The summed E-state index contributed by atoms with van der Waals surface area (Å²) in [4.78, 5) is 15.0. The number of carbonyl (C=O) groups excluding carboxylic acids is 1. The van der Waals surface area contributed by atoms with Crippen molar-refractivity contribution in [2.45, 2.75) is 37.8 Å². The second kappa shape index (κ2) is 7.11. The molecule has 1 aliphatic carbocycles. The molecule has 4 rings (SSSR count). The summed E-state index contributed by atoms with van der Waals surface area (Å²) in [6.07, 6.45) is 6.63. The van der Waals surface area contributed by atoms with Crippen LogP contribution in [0, 0.1) is 5.92 Å². The third-order valence-corrected chi connectivity index (χ3v) is 5.42. The number of rotatable bonds is 6. The molecular weight excluding hydrogens is 334 g/mol. The van der Waals surface area contributed by atoms with Gasteiger partial charge < -0.3 is 14.6 Å². The van der Waals surface area contributed by atoms with Gasteiger partial charge in [0, 0.05) is 25.8 Å². The van der Waals surface area contributed by atoms with Gasteiger partial charge in [-0.25, -0.2) is 0 Å². The number of nitrogens with one attached hydrogen (secondary N) is 1. The third kappa shape index (κ3) is 3.33. The number of aromatic nitrogens is 3. The smallest absolute Gasteiger partial charge is 0.290 e. The highest BCUT2D eigenvalue weighted by atomic mass is 16.5. The van der Waals surface area contributed by atoms with Gasteiger partial charge in [-0.1, -0.05) is 0 Å². The van der Waals surface area contributed by atoms with E-state index in [1.54, 1.807) is 0 Å². The van der Waals surface area contributed by atoms with Gasteiger partial charge in [0.15, 0.2) is 0 Å². The maximum absolute atomic E-state index is 12.4. The van der Waals surface area contributed by atoms with E-state index in [4.69, 9.17) is 9.26 Å². The summed E-state index contributed by atoms with van der Waals surface area (Å²) in [7, 11) is 3.48. The zero-order chi connectivity index (χ0) is 18.1. The number of amides is 1. The molecule has 2 fully saturated rings. The molecule has 26 heavy (non-hydrogen) atoms. The van der Waals surface area contributed by atoms with Crippen LogP contribution in [0.2, 0.25) is 0 Å². The van der Waals surface area contributed by atoms with Crippen LogP contribution < -0.4 is 10.1 Å². The number of hydrogen-bond donors (Lipinski definition) is 1. The number of aryl methyl sites for hydroxylation is 1. The molecule has 0 unspecified atom stereocenters. The van der Waals surface area contributed by atoms with E-state index in [1.165, 1.54) is 31.7 Å². The molecule has 1 saturated carbocycles. The second-order valence-electron chi connectivity index (χ2n) is 7.14. The Morgan fingerprint density at radius 2 is 2.27 bits per heavy atom. The van der Waals surface area contributed by atoms with Crippen molar-refractivity contribution in [3.63, 3.8) is 0 Å². The van der Waals surface area contributed by atoms with Crippen LogP contribution >= 0.6 is 0 Å². The molecule has 2 atom stereocenters. The van der Waals surface area contributed by atoms with Crippen LogP contribution in [0.25, 0.3) is 0 Å². The SMILES string of the molecule is COc1cc(C(=O)NC[C@@H]2CCCN(C3CC3)[C@H]2c2ccnn2C)on1. The number of likely N-dealkylation sites (tertiary alicyclic amines) is 1. The van der Waals surface area contributed by atoms with E-state index in [0.29, 0.717) is 24.4 Å². The number of carbonyl (C=O) groups is 1. The Morgan fingerprint density at radius 3 is 2.92 bits per heavy atom. The molecule has 1 aliphatic heterocycles. The van der Waals surface area contributed by atoms with Crippen LogP contribution in [0.15, 0.2) is 22.9 Å². The minimum atomic E-state index is -0.256. The number of methoxy groups -OCH3 is 1. The summed E-state index contributed by atoms with van der Waals surface area (Å²) in [5.41, 5.74) is 1.22. The largest absolute Gasteiger partial charge is 0.479 e. The topological polar surface area (TPSA) is 85.4 Å². The average molecular weight is 359 g/mol. The Kier molecular flexibility index (Phi) is 4.67. The van der Waals surface area contributed by atoms with Crippen LogP contribution in [-0.4, -0.2) is 52.0 Å². The molecule has 0 radical (unpaired) electrons. The van der Waals surface area contributed by atoms with Crippen molar-refractivity contribution >= 4 is 5.91 Å². The van der Waals surface area contributed by atoms with E-state index in [9.17, 15) is 4.79 Å². The average Bonchev–Trinajstić information content (AvgIpc) is 3.23. The van der Waals surface area contributed by atoms with Gasteiger partial charge in [-0.05, 0) is 49.4 Å². The molecule has 2 aliphatic rings. The van der Waals surface area contributed by atoms with Gasteiger partial charge in [0.05, 0.1) is 24.9 Å². The fourth-order valence-electron chi connectivity index (χ4n) is 3.99. The normalized spacial score (nSPS) is 23.8. The van der Waals surface area contributed by atoms with E-state index < -0.39 is 0 Å². The molecule has 0 spiro atoms. The van der Waals surface area contributed by atoms with Crippen molar-refractivity contribution in [2.24, 2.45) is 13.0 Å². The summed E-state index contributed by atoms with van der Waals surface area (Å²) in [6, 6.07) is 4.56. The highest BCUT2D eigenvalue weighted by Crippen LogP contribution is 2.42. The van der Waals surface area contributed by atoms with Gasteiger partial charge in [0.25, 0.3) is 11.8 Å². The lowest BCUT2D eigenvalue weighted by molar-refractivity contribution is 0.0714. The fourth-order valence-corrected chi connectivity index (χ4v) is 3.99. The lowest BCUT2D eigenvalue weighted by atomic mass is 9.86. The van der Waals surface area contributed by atoms with Gasteiger partial charge in [-0.2, -0.15) is 5.10 Å². The van der Waals surface area contributed by atoms with Gasteiger partial charge in [0.1, 0.15) is 0 Å². The van der Waals surface area contributed by atoms with Crippen LogP contribution in [0.1, 0.15) is 48.0 Å². The molecule has 1 amide bonds. The van der Waals surface area contributed by atoms with Gasteiger partial charge in [-0.3, -0.25) is 14.4 Å². The number of hydrogen-bond acceptors (Lipinski definition) is 6. The minimum Gasteiger partial charge on any atom is -0.479 e. The summed E-state index contributed by atoms with van der Waals surface area (Å²) in [6.45, 7) is 1.71. The molecule has 8 nitrogen and oxygen atoms in total. The molecule has 140 valence electrons. The lowest BCUT2D eigenvalue weighted by Gasteiger charge is -2.41. The monoisotopic (exact) mass is 359 g/mol. The first-order chi connectivity index (χ1) is 12.7. The summed E-state index contributed by atoms with van der Waals surface area (Å²) in [5.74, 6) is 0.566. The molecule has 2 aromatic rings. The van der Waals surface area contributed by atoms with Crippen LogP contribution in [0.4, 0.5) is 0 Å². The molecule has 8 heteroatoms. The minimum absolute atomic E-state index is 0.175. The standard InChI is InChI=1S/C18H25N5O3/c1-22-14(7-8-20-22)17-12(4-3-9-23(17)13-5-6-13)11-19-18(24)15-10-16(25-2)21-26-15/h7-8,10,12-13,17H,3-6,9,11H2,1-2H3,(H,19,24)/t12-,17+/m0/s1. The highest BCUT2D eigenvalue weighted by molar-refractivity contribution is 5.91. The van der Waals surface area contributed by atoms with Crippen molar-refractivity contribution < 1.29 is 14.1 Å². The van der Waals surface area contributed by atoms with Crippen molar-refractivity contribution in [3.8, 4) is 5.88 Å². The van der Waals surface area contributed by atoms with Crippen molar-refractivity contribution in [1.82, 2.24) is 25.2 Å². The Balaban J connectivity index is 1.48. The van der Waals surface area contributed by atoms with Crippen molar-refractivity contribution in [1.29, 1.82) is 0 Å². The summed E-state index contributed by atoms with van der Waals surface area (Å²) < 4.78 is 12.0. The Labute approximate surface area is 152 Å². The first-order valence-corrected chi connectivity index (χ1v) is 9.20. The van der Waals surface area contributed by atoms with E-state index in [-0.39, 0.29) is 17.7 Å². The van der Waals surface area contributed by atoms with Crippen LogP contribution in [-0.2, 0) is 7.05 Å². The van der Waals surface area contributed by atoms with Gasteiger partial charge in [0.2, 0.25) is 5.76 Å².